The van der Waals surface area contributed by atoms with Crippen molar-refractivity contribution in [1.29, 1.82) is 0 Å². The van der Waals surface area contributed by atoms with Crippen molar-refractivity contribution in [3.63, 3.8) is 0 Å². The van der Waals surface area contributed by atoms with Crippen LogP contribution < -0.4 is 15.9 Å². The molecule has 1 nitrogen and oxygen atoms in total. The predicted octanol–water partition coefficient (Wildman–Crippen LogP) is 5.39. The van der Waals surface area contributed by atoms with E-state index in [4.69, 9.17) is 0 Å². The number of rotatable bonds is 5. The Morgan fingerprint density at radius 3 is 1.68 bits per heavy atom. The first kappa shape index (κ1) is 12.9. The molecule has 1 spiro atoms. The number of nitrogens with one attached hydrogen (secondary N) is 1. The Kier molecular flexibility index (Phi) is 0.731. The first-order valence-corrected chi connectivity index (χ1v) is 18.8. The molecule has 0 saturated carbocycles. The molecule has 10 aliphatic rings. The van der Waals surface area contributed by atoms with Crippen molar-refractivity contribution in [2.75, 3.05) is 7.05 Å². The standard InChI is InChI=1S/C20H21NP.C5H5.Fe/c1-16(21-2)19-14-9-15-20(19)22(17-10-5-3-6-11-17)18-12-7-4-8-13-18;1-2-4-5-3-1;/h3-16,21H,1-2H3;1-5H;/t16-;;/m0../s1. The van der Waals surface area contributed by atoms with Crippen LogP contribution in [0.3, 0.4) is 0 Å². The summed E-state index contributed by atoms with van der Waals surface area (Å²) in [6.07, 6.45) is 0. The van der Waals surface area contributed by atoms with Crippen molar-refractivity contribution in [1.82, 2.24) is 5.32 Å². The average Bonchev–Trinajstić information content (AvgIpc) is 3.69. The van der Waals surface area contributed by atoms with Gasteiger partial charge in [0.1, 0.15) is 0 Å². The Hall–Kier alpha value is -0.651. The normalized spacial score (nSPS) is 80.8. The van der Waals surface area contributed by atoms with Gasteiger partial charge in [-0.3, -0.25) is 0 Å². The van der Waals surface area contributed by atoms with E-state index < -0.39 is 6.51 Å². The monoisotopic (exact) mass is 427 g/mol. The number of fused-ring (bicyclic) bond motifs is 10. The van der Waals surface area contributed by atoms with Crippen LogP contribution in [0.1, 0.15) is 6.92 Å². The van der Waals surface area contributed by atoms with Gasteiger partial charge in [-0.2, -0.15) is 0 Å². The fourth-order valence-electron chi connectivity index (χ4n) is 20.4. The molecule has 10 aliphatic heterocycles. The summed E-state index contributed by atoms with van der Waals surface area (Å²) in [7, 11) is 2.09. The molecule has 0 bridgehead atoms. The van der Waals surface area contributed by atoms with E-state index >= 15 is 0 Å². The van der Waals surface area contributed by atoms with Gasteiger partial charge in [-0.05, 0) is 0 Å². The van der Waals surface area contributed by atoms with Gasteiger partial charge in [0, 0.05) is 0 Å². The summed E-state index contributed by atoms with van der Waals surface area (Å²) in [5.41, 5.74) is 0. The van der Waals surface area contributed by atoms with Crippen molar-refractivity contribution in [3.05, 3.63) is 60.7 Å². The first-order chi connectivity index (χ1) is 13.5. The molecule has 10 heterocycles. The van der Waals surface area contributed by atoms with Crippen molar-refractivity contribution < 1.29 is 6.51 Å². The zero-order valence-corrected chi connectivity index (χ0v) is 18.3. The fourth-order valence-corrected chi connectivity index (χ4v) is 112. The summed E-state index contributed by atoms with van der Waals surface area (Å²) in [5.74, 6) is 0. The van der Waals surface area contributed by atoms with Crippen molar-refractivity contribution in [2.45, 2.75) is 59.9 Å². The Bertz CT molecular complexity index is 1510. The molecule has 12 rings (SSSR count). The van der Waals surface area contributed by atoms with Gasteiger partial charge in [0.2, 0.25) is 0 Å². The van der Waals surface area contributed by atoms with Crippen LogP contribution in [0.2, 0.25) is 42.8 Å². The molecule has 0 aliphatic carbocycles. The van der Waals surface area contributed by atoms with Gasteiger partial charge in [0.15, 0.2) is 0 Å². The van der Waals surface area contributed by atoms with E-state index in [2.05, 4.69) is 80.0 Å². The Morgan fingerprint density at radius 1 is 0.786 bits per heavy atom. The van der Waals surface area contributed by atoms with E-state index in [0.29, 0.717) is 0 Å². The quantitative estimate of drug-likeness (QED) is 0.498. The molecule has 1 N–H and O–H groups in total. The third-order valence-corrected chi connectivity index (χ3v) is 68.5. The number of hydrogen-bond acceptors (Lipinski definition) is 1. The SMILES string of the molecule is CN[C@@H](C)[C@]12[CH]3[CH]4[CH]5[C]1(P(c1ccccc1)c1ccccc1)[Fe]45321678[CH]2[CH]1[CH]6[CH]7[CH]28. The molecule has 4 unspecified atom stereocenters. The Balaban J connectivity index is 1.30. The molecular formula is C25H26FeNP. The van der Waals surface area contributed by atoms with Crippen LogP contribution in [0.25, 0.3) is 0 Å². The van der Waals surface area contributed by atoms with Crippen molar-refractivity contribution >= 4 is 18.5 Å². The van der Waals surface area contributed by atoms with Crippen molar-refractivity contribution in [3.8, 4) is 0 Å². The maximum absolute atomic E-state index is 3.91. The third kappa shape index (κ3) is 0.215. The Morgan fingerprint density at radius 2 is 1.29 bits per heavy atom. The second kappa shape index (κ2) is 1.59. The van der Waals surface area contributed by atoms with Gasteiger partial charge >= 0.3 is 158 Å². The second-order valence-electron chi connectivity index (χ2n) is 13.8. The topological polar surface area (TPSA) is 12.0 Å². The molecule has 28 heavy (non-hydrogen) atoms. The molecule has 6 atom stereocenters. The summed E-state index contributed by atoms with van der Waals surface area (Å²) >= 11 is 0. The zero-order valence-electron chi connectivity index (χ0n) is 16.3. The van der Waals surface area contributed by atoms with Crippen LogP contribution in [0, 0.1) is 0 Å². The minimum absolute atomic E-state index is 0.195. The van der Waals surface area contributed by atoms with E-state index in [0.717, 1.165) is 14.4 Å². The molecule has 0 radical (unpaired) electrons. The molecule has 0 amide bonds. The zero-order chi connectivity index (χ0) is 18.0. The first-order valence-electron chi connectivity index (χ1n) is 11.3. The van der Waals surface area contributed by atoms with Crippen LogP contribution in [-0.4, -0.2) is 17.1 Å². The van der Waals surface area contributed by atoms with Gasteiger partial charge in [0.25, 0.3) is 0 Å². The molecule has 2 aromatic rings. The third-order valence-electron chi connectivity index (χ3n) is 18.3. The van der Waals surface area contributed by atoms with Crippen LogP contribution >= 0.6 is 7.92 Å². The second-order valence-corrected chi connectivity index (χ2v) is 39.8. The minimum atomic E-state index is -3.46. The number of hydrogen-bond donors (Lipinski definition) is 1. The van der Waals surface area contributed by atoms with E-state index in [-0.39, 0.29) is 7.92 Å². The van der Waals surface area contributed by atoms with Crippen LogP contribution in [0.5, 0.6) is 0 Å². The summed E-state index contributed by atoms with van der Waals surface area (Å²) in [6.45, 7) is -0.824. The Labute approximate surface area is 157 Å². The van der Waals surface area contributed by atoms with E-state index in [1.807, 2.05) is 0 Å². The fraction of sp³-hybridized carbons (Fsp3) is 0.520. The van der Waals surface area contributed by atoms with Gasteiger partial charge in [0.05, 0.1) is 0 Å². The van der Waals surface area contributed by atoms with Crippen molar-refractivity contribution in [2.24, 2.45) is 0 Å². The summed E-state index contributed by atoms with van der Waals surface area (Å²) in [5, 5.41) is 7.36. The van der Waals surface area contributed by atoms with E-state index in [1.165, 1.54) is 38.5 Å². The van der Waals surface area contributed by atoms with E-state index in [1.54, 1.807) is 10.6 Å². The molecule has 10 saturated heterocycles. The molecular weight excluding hydrogens is 401 g/mol. The molecule has 3 heteroatoms. The van der Waals surface area contributed by atoms with Gasteiger partial charge in [-0.15, -0.1) is 0 Å². The number of benzene rings is 2. The molecule has 2 aromatic carbocycles. The predicted molar refractivity (Wildman–Crippen MR) is 113 cm³/mol. The summed E-state index contributed by atoms with van der Waals surface area (Å²) in [6, 6.07) is 24.6. The van der Waals surface area contributed by atoms with Gasteiger partial charge in [-0.25, -0.2) is 0 Å². The summed E-state index contributed by atoms with van der Waals surface area (Å²) in [4.78, 5) is 10.8. The molecule has 144 valence electrons. The van der Waals surface area contributed by atoms with Gasteiger partial charge < -0.3 is 0 Å². The summed E-state index contributed by atoms with van der Waals surface area (Å²) < 4.78 is 1.69. The van der Waals surface area contributed by atoms with Crippen LogP contribution in [0.4, 0.5) is 0 Å². The van der Waals surface area contributed by atoms with E-state index in [9.17, 15) is 0 Å². The average molecular weight is 427 g/mol. The molecule has 0 aromatic heterocycles. The van der Waals surface area contributed by atoms with Crippen LogP contribution in [0.15, 0.2) is 60.7 Å². The van der Waals surface area contributed by atoms with Gasteiger partial charge in [-0.1, -0.05) is 0 Å². The maximum atomic E-state index is 3.91. The molecule has 10 fully saturated rings. The van der Waals surface area contributed by atoms with Crippen LogP contribution in [-0.2, 0) is 6.51 Å².